The Labute approximate surface area is 96.9 Å². The molecule has 0 spiro atoms. The fourth-order valence-corrected chi connectivity index (χ4v) is 2.22. The number of hydrogen-bond acceptors (Lipinski definition) is 3. The van der Waals surface area contributed by atoms with Crippen LogP contribution in [0.5, 0.6) is 0 Å². The zero-order chi connectivity index (χ0) is 11.4. The third kappa shape index (κ3) is 3.19. The maximum absolute atomic E-state index is 11.7. The van der Waals surface area contributed by atoms with Crippen molar-refractivity contribution in [3.05, 3.63) is 0 Å². The summed E-state index contributed by atoms with van der Waals surface area (Å²) in [5.74, 6) is 0.136. The number of nitrogens with two attached hydrogens (primary N) is 1. The van der Waals surface area contributed by atoms with Gasteiger partial charge in [0.2, 0.25) is 5.91 Å². The molecule has 0 radical (unpaired) electrons. The van der Waals surface area contributed by atoms with Crippen molar-refractivity contribution < 1.29 is 9.53 Å². The summed E-state index contributed by atoms with van der Waals surface area (Å²) in [6.45, 7) is 1.43. The molecule has 2 rings (SSSR count). The second-order valence-electron chi connectivity index (χ2n) is 5.06. The topological polar surface area (TPSA) is 64.3 Å². The highest BCUT2D eigenvalue weighted by Crippen LogP contribution is 2.34. The third-order valence-electron chi connectivity index (χ3n) is 3.62. The predicted octanol–water partition coefficient (Wildman–Crippen LogP) is 0.943. The first kappa shape index (κ1) is 11.9. The molecule has 1 amide bonds. The maximum atomic E-state index is 11.7. The Balaban J connectivity index is 1.63. The van der Waals surface area contributed by atoms with Crippen molar-refractivity contribution in [2.24, 2.45) is 5.73 Å². The van der Waals surface area contributed by atoms with E-state index >= 15 is 0 Å². The van der Waals surface area contributed by atoms with Crippen molar-refractivity contribution in [3.63, 3.8) is 0 Å². The maximum Gasteiger partial charge on any atom is 0.220 e. The molecule has 1 heterocycles. The van der Waals surface area contributed by atoms with E-state index in [1.165, 1.54) is 12.8 Å². The second-order valence-corrected chi connectivity index (χ2v) is 5.06. The minimum atomic E-state index is -0.0511. The summed E-state index contributed by atoms with van der Waals surface area (Å²) in [5.41, 5.74) is 5.57. The van der Waals surface area contributed by atoms with Crippen LogP contribution in [0.15, 0.2) is 0 Å². The number of ether oxygens (including phenoxy) is 1. The standard InChI is InChI=1S/C12H22N2O2/c13-9-12(6-7-12)14-11(15)5-4-10-3-1-2-8-16-10/h10H,1-9,13H2,(H,14,15). The molecule has 2 fully saturated rings. The zero-order valence-electron chi connectivity index (χ0n) is 9.84. The first-order chi connectivity index (χ1) is 7.74. The molecular weight excluding hydrogens is 204 g/mol. The highest BCUT2D eigenvalue weighted by molar-refractivity contribution is 5.77. The van der Waals surface area contributed by atoms with E-state index in [-0.39, 0.29) is 11.4 Å². The Kier molecular flexibility index (Phi) is 3.82. The Morgan fingerprint density at radius 2 is 2.25 bits per heavy atom. The van der Waals surface area contributed by atoms with Gasteiger partial charge in [0.05, 0.1) is 11.6 Å². The van der Waals surface area contributed by atoms with E-state index in [0.29, 0.717) is 19.1 Å². The molecule has 1 unspecified atom stereocenters. The monoisotopic (exact) mass is 226 g/mol. The molecule has 92 valence electrons. The van der Waals surface area contributed by atoms with E-state index < -0.39 is 0 Å². The molecule has 0 bridgehead atoms. The summed E-state index contributed by atoms with van der Waals surface area (Å²) in [7, 11) is 0. The lowest BCUT2D eigenvalue weighted by molar-refractivity contribution is -0.123. The fraction of sp³-hybridized carbons (Fsp3) is 0.917. The summed E-state index contributed by atoms with van der Waals surface area (Å²) >= 11 is 0. The van der Waals surface area contributed by atoms with Crippen LogP contribution in [0.3, 0.4) is 0 Å². The number of amides is 1. The molecule has 1 atom stereocenters. The average molecular weight is 226 g/mol. The van der Waals surface area contributed by atoms with E-state index in [4.69, 9.17) is 10.5 Å². The average Bonchev–Trinajstić information content (AvgIpc) is 3.08. The molecule has 0 aromatic carbocycles. The van der Waals surface area contributed by atoms with Crippen LogP contribution in [-0.2, 0) is 9.53 Å². The molecule has 1 saturated carbocycles. The highest BCUT2D eigenvalue weighted by atomic mass is 16.5. The van der Waals surface area contributed by atoms with Gasteiger partial charge in [-0.15, -0.1) is 0 Å². The minimum Gasteiger partial charge on any atom is -0.378 e. The lowest BCUT2D eigenvalue weighted by Gasteiger charge is -2.22. The second kappa shape index (κ2) is 5.15. The molecule has 0 aromatic heterocycles. The highest BCUT2D eigenvalue weighted by Gasteiger charge is 2.42. The van der Waals surface area contributed by atoms with Gasteiger partial charge in [-0.25, -0.2) is 0 Å². The van der Waals surface area contributed by atoms with E-state index in [2.05, 4.69) is 5.32 Å². The number of hydrogen-bond donors (Lipinski definition) is 2. The van der Waals surface area contributed by atoms with Gasteiger partial charge in [0.15, 0.2) is 0 Å². The van der Waals surface area contributed by atoms with Crippen LogP contribution < -0.4 is 11.1 Å². The Bertz CT molecular complexity index is 245. The Morgan fingerprint density at radius 3 is 2.81 bits per heavy atom. The fourth-order valence-electron chi connectivity index (χ4n) is 2.22. The van der Waals surface area contributed by atoms with Crippen molar-refractivity contribution in [2.75, 3.05) is 13.2 Å². The molecule has 1 aliphatic heterocycles. The van der Waals surface area contributed by atoms with Gasteiger partial charge in [-0.1, -0.05) is 0 Å². The summed E-state index contributed by atoms with van der Waals surface area (Å²) in [4.78, 5) is 11.7. The van der Waals surface area contributed by atoms with Gasteiger partial charge in [-0.2, -0.15) is 0 Å². The van der Waals surface area contributed by atoms with E-state index in [9.17, 15) is 4.79 Å². The summed E-state index contributed by atoms with van der Waals surface area (Å²) in [5, 5.41) is 3.04. The van der Waals surface area contributed by atoms with Crippen molar-refractivity contribution in [1.29, 1.82) is 0 Å². The molecule has 3 N–H and O–H groups in total. The largest absolute Gasteiger partial charge is 0.378 e. The van der Waals surface area contributed by atoms with Gasteiger partial charge in [0.25, 0.3) is 0 Å². The van der Waals surface area contributed by atoms with Crippen molar-refractivity contribution in [1.82, 2.24) is 5.32 Å². The normalized spacial score (nSPS) is 27.4. The van der Waals surface area contributed by atoms with Crippen LogP contribution >= 0.6 is 0 Å². The minimum absolute atomic E-state index is 0.0511. The summed E-state index contributed by atoms with van der Waals surface area (Å²) < 4.78 is 5.60. The molecule has 16 heavy (non-hydrogen) atoms. The zero-order valence-corrected chi connectivity index (χ0v) is 9.84. The van der Waals surface area contributed by atoms with Gasteiger partial charge < -0.3 is 15.8 Å². The molecule has 2 aliphatic rings. The van der Waals surface area contributed by atoms with E-state index in [1.54, 1.807) is 0 Å². The quantitative estimate of drug-likeness (QED) is 0.733. The first-order valence-electron chi connectivity index (χ1n) is 6.37. The molecule has 1 aliphatic carbocycles. The van der Waals surface area contributed by atoms with Gasteiger partial charge >= 0.3 is 0 Å². The number of carbonyl (C=O) groups is 1. The SMILES string of the molecule is NCC1(NC(=O)CCC2CCCCO2)CC1. The van der Waals surface area contributed by atoms with Crippen LogP contribution in [0.1, 0.15) is 44.9 Å². The molecule has 4 nitrogen and oxygen atoms in total. The van der Waals surface area contributed by atoms with Crippen LogP contribution in [0.4, 0.5) is 0 Å². The number of nitrogens with one attached hydrogen (secondary N) is 1. The number of rotatable bonds is 5. The lowest BCUT2D eigenvalue weighted by Crippen LogP contribution is -2.42. The summed E-state index contributed by atoms with van der Waals surface area (Å²) in [6, 6.07) is 0. The van der Waals surface area contributed by atoms with Gasteiger partial charge in [0, 0.05) is 19.6 Å². The molecule has 4 heteroatoms. The Hall–Kier alpha value is -0.610. The van der Waals surface area contributed by atoms with Gasteiger partial charge in [-0.3, -0.25) is 4.79 Å². The smallest absolute Gasteiger partial charge is 0.220 e. The first-order valence-corrected chi connectivity index (χ1v) is 6.37. The Morgan fingerprint density at radius 1 is 1.44 bits per heavy atom. The van der Waals surface area contributed by atoms with Crippen molar-refractivity contribution in [3.8, 4) is 0 Å². The molecule has 1 saturated heterocycles. The van der Waals surface area contributed by atoms with Crippen LogP contribution in [-0.4, -0.2) is 30.7 Å². The van der Waals surface area contributed by atoms with E-state index in [1.807, 2.05) is 0 Å². The molecule has 0 aromatic rings. The van der Waals surface area contributed by atoms with Crippen LogP contribution in [0.25, 0.3) is 0 Å². The van der Waals surface area contributed by atoms with Crippen molar-refractivity contribution in [2.45, 2.75) is 56.6 Å². The van der Waals surface area contributed by atoms with E-state index in [0.717, 1.165) is 32.3 Å². The molecular formula is C12H22N2O2. The lowest BCUT2D eigenvalue weighted by atomic mass is 10.0. The summed E-state index contributed by atoms with van der Waals surface area (Å²) in [6.07, 6.45) is 7.31. The van der Waals surface area contributed by atoms with Gasteiger partial charge in [0.1, 0.15) is 0 Å². The predicted molar refractivity (Wildman–Crippen MR) is 62.0 cm³/mol. The van der Waals surface area contributed by atoms with Crippen LogP contribution in [0, 0.1) is 0 Å². The van der Waals surface area contributed by atoms with Gasteiger partial charge in [-0.05, 0) is 38.5 Å². The third-order valence-corrected chi connectivity index (χ3v) is 3.62. The van der Waals surface area contributed by atoms with Crippen LogP contribution in [0.2, 0.25) is 0 Å². The number of carbonyl (C=O) groups excluding carboxylic acids is 1. The van der Waals surface area contributed by atoms with Crippen molar-refractivity contribution >= 4 is 5.91 Å².